The molecular weight excluding hydrogens is 290 g/mol. The van der Waals surface area contributed by atoms with Crippen LogP contribution in [0.25, 0.3) is 0 Å². The molecule has 0 radical (unpaired) electrons. The Morgan fingerprint density at radius 2 is 2.14 bits per heavy atom. The van der Waals surface area contributed by atoms with Crippen molar-refractivity contribution in [2.75, 3.05) is 10.6 Å². The second-order valence-corrected chi connectivity index (χ2v) is 5.01. The lowest BCUT2D eigenvalue weighted by atomic mass is 10.1. The van der Waals surface area contributed by atoms with Gasteiger partial charge >= 0.3 is 0 Å². The molecule has 1 atom stereocenters. The molecule has 0 aliphatic carbocycles. The number of amides is 1. The fourth-order valence-corrected chi connectivity index (χ4v) is 2.10. The lowest BCUT2D eigenvalue weighted by Gasteiger charge is -2.15. The number of hydrogen-bond donors (Lipinski definition) is 2. The van der Waals surface area contributed by atoms with E-state index in [0.29, 0.717) is 11.4 Å². The summed E-state index contributed by atoms with van der Waals surface area (Å²) in [5, 5.41) is 9.79. The minimum absolute atomic E-state index is 0.0575. The van der Waals surface area contributed by atoms with Crippen LogP contribution in [0.15, 0.2) is 36.7 Å². The number of halogens is 2. The van der Waals surface area contributed by atoms with Crippen LogP contribution in [0.4, 0.5) is 20.2 Å². The SMILES string of the molecule is CC(=O)Nc1cccc([C@@H](C)Nc2cnn(CC(F)F)c2)c1. The molecule has 118 valence electrons. The molecule has 5 nitrogen and oxygen atoms in total. The number of nitrogens with zero attached hydrogens (tertiary/aromatic N) is 2. The first-order valence-corrected chi connectivity index (χ1v) is 6.88. The Bertz CT molecular complexity index is 642. The second kappa shape index (κ2) is 7.02. The van der Waals surface area contributed by atoms with Crippen LogP contribution >= 0.6 is 0 Å². The number of benzene rings is 1. The fraction of sp³-hybridized carbons (Fsp3) is 0.333. The number of alkyl halides is 2. The van der Waals surface area contributed by atoms with Crippen molar-refractivity contribution in [3.8, 4) is 0 Å². The van der Waals surface area contributed by atoms with Gasteiger partial charge in [-0.3, -0.25) is 9.48 Å². The molecule has 1 heterocycles. The molecule has 1 aromatic heterocycles. The average molecular weight is 308 g/mol. The summed E-state index contributed by atoms with van der Waals surface area (Å²) in [6.07, 6.45) is 0.621. The van der Waals surface area contributed by atoms with Gasteiger partial charge < -0.3 is 10.6 Å². The van der Waals surface area contributed by atoms with Gasteiger partial charge in [0, 0.05) is 24.8 Å². The second-order valence-electron chi connectivity index (χ2n) is 5.01. The van der Waals surface area contributed by atoms with Crippen LogP contribution in [-0.2, 0) is 11.3 Å². The Hall–Kier alpha value is -2.44. The normalized spacial score (nSPS) is 12.2. The van der Waals surface area contributed by atoms with Crippen LogP contribution in [0.2, 0.25) is 0 Å². The quantitative estimate of drug-likeness (QED) is 0.861. The summed E-state index contributed by atoms with van der Waals surface area (Å²) < 4.78 is 25.8. The van der Waals surface area contributed by atoms with Crippen LogP contribution in [0, 0.1) is 0 Å². The van der Waals surface area contributed by atoms with Crippen molar-refractivity contribution in [3.05, 3.63) is 42.2 Å². The first-order chi connectivity index (χ1) is 10.4. The van der Waals surface area contributed by atoms with E-state index < -0.39 is 13.0 Å². The van der Waals surface area contributed by atoms with Crippen LogP contribution in [0.3, 0.4) is 0 Å². The van der Waals surface area contributed by atoms with E-state index in [0.717, 1.165) is 5.56 Å². The zero-order valence-electron chi connectivity index (χ0n) is 12.4. The molecule has 0 unspecified atom stereocenters. The molecule has 0 bridgehead atoms. The average Bonchev–Trinajstić information content (AvgIpc) is 2.84. The molecule has 0 spiro atoms. The zero-order chi connectivity index (χ0) is 16.1. The number of hydrogen-bond acceptors (Lipinski definition) is 3. The highest BCUT2D eigenvalue weighted by molar-refractivity contribution is 5.88. The lowest BCUT2D eigenvalue weighted by Crippen LogP contribution is -2.09. The summed E-state index contributed by atoms with van der Waals surface area (Å²) in [7, 11) is 0. The van der Waals surface area contributed by atoms with Gasteiger partial charge in [0.2, 0.25) is 5.91 Å². The monoisotopic (exact) mass is 308 g/mol. The summed E-state index contributed by atoms with van der Waals surface area (Å²) in [6, 6.07) is 7.38. The first-order valence-electron chi connectivity index (χ1n) is 6.88. The van der Waals surface area contributed by atoms with E-state index in [1.165, 1.54) is 17.8 Å². The Morgan fingerprint density at radius 1 is 1.36 bits per heavy atom. The number of anilines is 2. The molecule has 0 aliphatic heterocycles. The molecule has 7 heteroatoms. The highest BCUT2D eigenvalue weighted by Crippen LogP contribution is 2.21. The van der Waals surface area contributed by atoms with Crippen LogP contribution < -0.4 is 10.6 Å². The van der Waals surface area contributed by atoms with Gasteiger partial charge in [0.15, 0.2) is 0 Å². The summed E-state index contributed by atoms with van der Waals surface area (Å²) in [5.74, 6) is -0.133. The number of rotatable bonds is 6. The minimum atomic E-state index is -2.43. The van der Waals surface area contributed by atoms with Gasteiger partial charge in [-0.1, -0.05) is 12.1 Å². The van der Waals surface area contributed by atoms with E-state index in [1.807, 2.05) is 25.1 Å². The Labute approximate surface area is 127 Å². The van der Waals surface area contributed by atoms with Crippen LogP contribution in [-0.4, -0.2) is 22.1 Å². The molecule has 1 aromatic carbocycles. The van der Waals surface area contributed by atoms with Crippen molar-refractivity contribution >= 4 is 17.3 Å². The molecular formula is C15H18F2N4O. The molecule has 0 aliphatic rings. The van der Waals surface area contributed by atoms with Crippen molar-refractivity contribution < 1.29 is 13.6 Å². The fourth-order valence-electron chi connectivity index (χ4n) is 2.10. The molecule has 2 rings (SSSR count). The summed E-state index contributed by atoms with van der Waals surface area (Å²) in [5.41, 5.74) is 2.35. The van der Waals surface area contributed by atoms with Gasteiger partial charge in [0.25, 0.3) is 6.43 Å². The molecule has 0 fully saturated rings. The van der Waals surface area contributed by atoms with Crippen molar-refractivity contribution in [2.24, 2.45) is 0 Å². The molecule has 1 amide bonds. The number of carbonyl (C=O) groups excluding carboxylic acids is 1. The van der Waals surface area contributed by atoms with Gasteiger partial charge in [-0.05, 0) is 24.6 Å². The predicted octanol–water partition coefficient (Wildman–Crippen LogP) is 3.28. The third kappa shape index (κ3) is 4.54. The van der Waals surface area contributed by atoms with Gasteiger partial charge in [0.1, 0.15) is 6.54 Å². The van der Waals surface area contributed by atoms with Gasteiger partial charge in [-0.2, -0.15) is 5.10 Å². The zero-order valence-corrected chi connectivity index (χ0v) is 12.4. The number of nitrogens with one attached hydrogen (secondary N) is 2. The van der Waals surface area contributed by atoms with E-state index >= 15 is 0 Å². The number of aromatic nitrogens is 2. The minimum Gasteiger partial charge on any atom is -0.376 e. The van der Waals surface area contributed by atoms with Crippen molar-refractivity contribution in [1.82, 2.24) is 9.78 Å². The van der Waals surface area contributed by atoms with E-state index in [1.54, 1.807) is 12.3 Å². The van der Waals surface area contributed by atoms with E-state index in [4.69, 9.17) is 0 Å². The van der Waals surface area contributed by atoms with Crippen molar-refractivity contribution in [1.29, 1.82) is 0 Å². The van der Waals surface area contributed by atoms with Gasteiger partial charge in [0.05, 0.1) is 11.9 Å². The summed E-state index contributed by atoms with van der Waals surface area (Å²) in [4.78, 5) is 11.1. The Morgan fingerprint density at radius 3 is 2.82 bits per heavy atom. The highest BCUT2D eigenvalue weighted by atomic mass is 19.3. The third-order valence-electron chi connectivity index (χ3n) is 3.05. The Balaban J connectivity index is 2.03. The molecule has 0 saturated heterocycles. The van der Waals surface area contributed by atoms with E-state index in [2.05, 4.69) is 15.7 Å². The standard InChI is InChI=1S/C15H18F2N4O/c1-10(12-4-3-5-13(6-12)20-11(2)22)19-14-7-18-21(8-14)9-15(16)17/h3-8,10,15,19H,9H2,1-2H3,(H,20,22)/t10-/m1/s1. The van der Waals surface area contributed by atoms with Crippen LogP contribution in [0.5, 0.6) is 0 Å². The third-order valence-corrected chi connectivity index (χ3v) is 3.05. The highest BCUT2D eigenvalue weighted by Gasteiger charge is 2.10. The smallest absolute Gasteiger partial charge is 0.257 e. The summed E-state index contributed by atoms with van der Waals surface area (Å²) in [6.45, 7) is 2.97. The number of carbonyl (C=O) groups is 1. The maximum absolute atomic E-state index is 12.3. The topological polar surface area (TPSA) is 59.0 Å². The van der Waals surface area contributed by atoms with Crippen molar-refractivity contribution in [3.63, 3.8) is 0 Å². The molecule has 2 aromatic rings. The van der Waals surface area contributed by atoms with E-state index in [9.17, 15) is 13.6 Å². The van der Waals surface area contributed by atoms with Gasteiger partial charge in [-0.25, -0.2) is 8.78 Å². The van der Waals surface area contributed by atoms with E-state index in [-0.39, 0.29) is 11.9 Å². The first kappa shape index (κ1) is 15.9. The predicted molar refractivity (Wildman–Crippen MR) is 81.0 cm³/mol. The van der Waals surface area contributed by atoms with Crippen LogP contribution in [0.1, 0.15) is 25.5 Å². The van der Waals surface area contributed by atoms with Gasteiger partial charge in [-0.15, -0.1) is 0 Å². The van der Waals surface area contributed by atoms with Crippen molar-refractivity contribution in [2.45, 2.75) is 32.9 Å². The molecule has 0 saturated carbocycles. The molecule has 22 heavy (non-hydrogen) atoms. The largest absolute Gasteiger partial charge is 0.376 e. The molecule has 2 N–H and O–H groups in total. The lowest BCUT2D eigenvalue weighted by molar-refractivity contribution is -0.114. The summed E-state index contributed by atoms with van der Waals surface area (Å²) >= 11 is 0. The maximum Gasteiger partial charge on any atom is 0.257 e. The maximum atomic E-state index is 12.3. The Kier molecular flexibility index (Phi) is 5.08.